The molecule has 0 radical (unpaired) electrons. The van der Waals surface area contributed by atoms with E-state index in [2.05, 4.69) is 0 Å². The highest BCUT2D eigenvalue weighted by Crippen LogP contribution is 2.23. The van der Waals surface area contributed by atoms with Gasteiger partial charge in [0.25, 0.3) is 5.56 Å². The van der Waals surface area contributed by atoms with E-state index in [4.69, 9.17) is 0 Å². The molecule has 0 fully saturated rings. The molecule has 0 aliphatic rings. The van der Waals surface area contributed by atoms with Crippen LogP contribution >= 0.6 is 0 Å². The lowest BCUT2D eigenvalue weighted by Gasteiger charge is -2.10. The second-order valence-corrected chi connectivity index (χ2v) is 4.42. The molecule has 0 amide bonds. The van der Waals surface area contributed by atoms with Gasteiger partial charge in [0.15, 0.2) is 0 Å². The molecule has 0 saturated carbocycles. The molecule has 18 heavy (non-hydrogen) atoms. The number of nitriles is 1. The highest BCUT2D eigenvalue weighted by Gasteiger charge is 2.12. The molecule has 1 heterocycles. The van der Waals surface area contributed by atoms with E-state index >= 15 is 0 Å². The summed E-state index contributed by atoms with van der Waals surface area (Å²) in [6.45, 7) is 3.85. The summed E-state index contributed by atoms with van der Waals surface area (Å²) in [4.78, 5) is 12.0. The van der Waals surface area contributed by atoms with Gasteiger partial charge in [-0.3, -0.25) is 4.79 Å². The molecular weight excluding hydrogens is 224 g/mol. The van der Waals surface area contributed by atoms with Crippen molar-refractivity contribution in [3.63, 3.8) is 0 Å². The van der Waals surface area contributed by atoms with E-state index in [1.807, 2.05) is 50.2 Å². The summed E-state index contributed by atoms with van der Waals surface area (Å²) < 4.78 is 1.50. The number of aromatic nitrogens is 1. The summed E-state index contributed by atoms with van der Waals surface area (Å²) in [6.07, 6.45) is 0. The van der Waals surface area contributed by atoms with Crippen LogP contribution in [0.5, 0.6) is 0 Å². The van der Waals surface area contributed by atoms with Gasteiger partial charge < -0.3 is 4.57 Å². The lowest BCUT2D eigenvalue weighted by molar-refractivity contribution is 0.816. The van der Waals surface area contributed by atoms with Gasteiger partial charge in [0.2, 0.25) is 0 Å². The summed E-state index contributed by atoms with van der Waals surface area (Å²) in [7, 11) is 1.68. The molecule has 0 spiro atoms. The first-order chi connectivity index (χ1) is 8.54. The van der Waals surface area contributed by atoms with Crippen LogP contribution in [0.25, 0.3) is 11.1 Å². The second kappa shape index (κ2) is 4.50. The minimum Gasteiger partial charge on any atom is -0.315 e. The largest absolute Gasteiger partial charge is 0.315 e. The quantitative estimate of drug-likeness (QED) is 0.766. The van der Waals surface area contributed by atoms with E-state index in [0.29, 0.717) is 5.56 Å². The van der Waals surface area contributed by atoms with Crippen molar-refractivity contribution in [1.82, 2.24) is 4.57 Å². The number of pyridine rings is 1. The zero-order valence-electron chi connectivity index (χ0n) is 10.7. The van der Waals surface area contributed by atoms with E-state index < -0.39 is 0 Å². The molecule has 2 rings (SSSR count). The third-order valence-electron chi connectivity index (χ3n) is 3.11. The van der Waals surface area contributed by atoms with Crippen molar-refractivity contribution in [2.24, 2.45) is 7.05 Å². The van der Waals surface area contributed by atoms with Crippen molar-refractivity contribution in [3.8, 4) is 17.2 Å². The predicted molar refractivity (Wildman–Crippen MR) is 71.3 cm³/mol. The Hall–Kier alpha value is -2.34. The Kier molecular flexibility index (Phi) is 3.03. The topological polar surface area (TPSA) is 45.8 Å². The Morgan fingerprint density at radius 3 is 2.56 bits per heavy atom. The van der Waals surface area contributed by atoms with Gasteiger partial charge in [-0.15, -0.1) is 0 Å². The van der Waals surface area contributed by atoms with Crippen LogP contribution in [-0.4, -0.2) is 4.57 Å². The maximum Gasteiger partial charge on any atom is 0.269 e. The van der Waals surface area contributed by atoms with Gasteiger partial charge in [0, 0.05) is 18.3 Å². The number of benzene rings is 1. The van der Waals surface area contributed by atoms with E-state index in [-0.39, 0.29) is 11.1 Å². The van der Waals surface area contributed by atoms with Gasteiger partial charge in [0.05, 0.1) is 0 Å². The molecule has 0 bridgehead atoms. The number of rotatable bonds is 1. The van der Waals surface area contributed by atoms with Crippen LogP contribution in [0.15, 0.2) is 35.1 Å². The SMILES string of the molecule is Cc1cccc(-c2cc(C)n(C)c(=O)c2C#N)c1. The van der Waals surface area contributed by atoms with Gasteiger partial charge in [-0.25, -0.2) is 0 Å². The van der Waals surface area contributed by atoms with Crippen LogP contribution in [-0.2, 0) is 7.05 Å². The fourth-order valence-electron chi connectivity index (χ4n) is 1.97. The molecular formula is C15H14N2O. The number of hydrogen-bond donors (Lipinski definition) is 0. The van der Waals surface area contributed by atoms with Crippen molar-refractivity contribution < 1.29 is 0 Å². The van der Waals surface area contributed by atoms with E-state index in [0.717, 1.165) is 16.8 Å². The maximum atomic E-state index is 12.0. The number of nitrogens with zero attached hydrogens (tertiary/aromatic N) is 2. The molecule has 0 unspecified atom stereocenters. The summed E-state index contributed by atoms with van der Waals surface area (Å²) >= 11 is 0. The molecule has 0 aliphatic heterocycles. The Bertz CT molecular complexity index is 705. The lowest BCUT2D eigenvalue weighted by atomic mass is 9.99. The molecule has 2 aromatic rings. The first-order valence-corrected chi connectivity index (χ1v) is 5.72. The van der Waals surface area contributed by atoms with Crippen LogP contribution in [0.2, 0.25) is 0 Å². The van der Waals surface area contributed by atoms with Crippen LogP contribution < -0.4 is 5.56 Å². The number of hydrogen-bond acceptors (Lipinski definition) is 2. The van der Waals surface area contributed by atoms with Gasteiger partial charge in [-0.05, 0) is 25.5 Å². The third-order valence-corrected chi connectivity index (χ3v) is 3.11. The summed E-state index contributed by atoms with van der Waals surface area (Å²) in [5.74, 6) is 0. The van der Waals surface area contributed by atoms with Crippen LogP contribution in [0.1, 0.15) is 16.8 Å². The lowest BCUT2D eigenvalue weighted by Crippen LogP contribution is -2.22. The molecule has 0 atom stereocenters. The van der Waals surface area contributed by atoms with Crippen molar-refractivity contribution in [1.29, 1.82) is 5.26 Å². The molecule has 3 heteroatoms. The molecule has 3 nitrogen and oxygen atoms in total. The smallest absolute Gasteiger partial charge is 0.269 e. The van der Waals surface area contributed by atoms with Gasteiger partial charge in [0.1, 0.15) is 11.6 Å². The Labute approximate surface area is 106 Å². The summed E-state index contributed by atoms with van der Waals surface area (Å²) in [5.41, 5.74) is 3.53. The average molecular weight is 238 g/mol. The Morgan fingerprint density at radius 2 is 1.94 bits per heavy atom. The number of aryl methyl sites for hydroxylation is 2. The molecule has 90 valence electrons. The van der Waals surface area contributed by atoms with E-state index in [9.17, 15) is 10.1 Å². The van der Waals surface area contributed by atoms with Crippen LogP contribution in [0.4, 0.5) is 0 Å². The van der Waals surface area contributed by atoms with Crippen LogP contribution in [0.3, 0.4) is 0 Å². The van der Waals surface area contributed by atoms with Crippen LogP contribution in [0, 0.1) is 25.2 Å². The Balaban J connectivity index is 2.81. The minimum absolute atomic E-state index is 0.203. The third kappa shape index (κ3) is 1.93. The highest BCUT2D eigenvalue weighted by atomic mass is 16.1. The van der Waals surface area contributed by atoms with E-state index in [1.54, 1.807) is 7.05 Å². The molecule has 1 aromatic heterocycles. The average Bonchev–Trinajstić information content (AvgIpc) is 2.35. The zero-order valence-corrected chi connectivity index (χ0v) is 10.7. The van der Waals surface area contributed by atoms with Gasteiger partial charge in [-0.2, -0.15) is 5.26 Å². The van der Waals surface area contributed by atoms with Gasteiger partial charge >= 0.3 is 0 Å². The maximum absolute atomic E-state index is 12.0. The standard InChI is InChI=1S/C15H14N2O/c1-10-5-4-6-12(7-10)13-8-11(2)17(3)15(18)14(13)9-16/h4-8H,1-3H3. The monoisotopic (exact) mass is 238 g/mol. The van der Waals surface area contributed by atoms with Crippen molar-refractivity contribution in [3.05, 3.63) is 57.5 Å². The van der Waals surface area contributed by atoms with Crippen molar-refractivity contribution in [2.75, 3.05) is 0 Å². The van der Waals surface area contributed by atoms with Gasteiger partial charge in [-0.1, -0.05) is 29.8 Å². The molecule has 0 aliphatic carbocycles. The van der Waals surface area contributed by atoms with E-state index in [1.165, 1.54) is 4.57 Å². The zero-order chi connectivity index (χ0) is 13.3. The Morgan fingerprint density at radius 1 is 1.22 bits per heavy atom. The fourth-order valence-corrected chi connectivity index (χ4v) is 1.97. The first-order valence-electron chi connectivity index (χ1n) is 5.72. The molecule has 0 saturated heterocycles. The van der Waals surface area contributed by atoms with Crippen molar-refractivity contribution in [2.45, 2.75) is 13.8 Å². The second-order valence-electron chi connectivity index (χ2n) is 4.42. The molecule has 1 aromatic carbocycles. The summed E-state index contributed by atoms with van der Waals surface area (Å²) in [6, 6.07) is 11.7. The van der Waals surface area contributed by atoms with Crippen molar-refractivity contribution >= 4 is 0 Å². The highest BCUT2D eigenvalue weighted by molar-refractivity contribution is 5.70. The first kappa shape index (κ1) is 12.1. The minimum atomic E-state index is -0.242. The predicted octanol–water partition coefficient (Wildman–Crippen LogP) is 2.54. The summed E-state index contributed by atoms with van der Waals surface area (Å²) in [5, 5.41) is 9.18. The normalized spacial score (nSPS) is 10.1. The molecule has 0 N–H and O–H groups in total. The fraction of sp³-hybridized carbons (Fsp3) is 0.200.